The maximum absolute atomic E-state index is 10.9. The van der Waals surface area contributed by atoms with Crippen molar-refractivity contribution >= 4 is 33.4 Å². The van der Waals surface area contributed by atoms with Crippen LogP contribution in [0.5, 0.6) is 0 Å². The van der Waals surface area contributed by atoms with Gasteiger partial charge >= 0.3 is 5.97 Å². The highest BCUT2D eigenvalue weighted by molar-refractivity contribution is 9.10. The van der Waals surface area contributed by atoms with E-state index >= 15 is 0 Å². The third-order valence-corrected chi connectivity index (χ3v) is 2.53. The number of carbonyl (C=O) groups excluding carboxylic acids is 1. The largest absolute Gasteiger partial charge is 0.468 e. The molecule has 0 aromatic carbocycles. The molecule has 7 heteroatoms. The van der Waals surface area contributed by atoms with Crippen molar-refractivity contribution in [2.45, 2.75) is 0 Å². The number of methoxy groups -OCH3 is 1. The lowest BCUT2D eigenvalue weighted by atomic mass is 10.5. The number of rotatable bonds is 3. The SMILES string of the molecule is COC(=O)CNc1ccn2ncc(Br)c2n1. The van der Waals surface area contributed by atoms with Crippen molar-refractivity contribution in [3.63, 3.8) is 0 Å². The van der Waals surface area contributed by atoms with E-state index in [9.17, 15) is 4.79 Å². The highest BCUT2D eigenvalue weighted by atomic mass is 79.9. The molecule has 0 aliphatic carbocycles. The summed E-state index contributed by atoms with van der Waals surface area (Å²) in [6.07, 6.45) is 3.42. The summed E-state index contributed by atoms with van der Waals surface area (Å²) >= 11 is 3.33. The molecule has 16 heavy (non-hydrogen) atoms. The number of carbonyl (C=O) groups is 1. The fourth-order valence-corrected chi connectivity index (χ4v) is 1.54. The van der Waals surface area contributed by atoms with Crippen molar-refractivity contribution in [2.75, 3.05) is 19.0 Å². The van der Waals surface area contributed by atoms with Gasteiger partial charge in [-0.15, -0.1) is 0 Å². The monoisotopic (exact) mass is 284 g/mol. The zero-order valence-corrected chi connectivity index (χ0v) is 10.1. The first-order chi connectivity index (χ1) is 7.70. The standard InChI is InChI=1S/C9H9BrN4O2/c1-16-8(15)5-11-7-2-3-14-9(13-7)6(10)4-12-14/h2-4H,5H2,1H3,(H,11,13). The number of hydrogen-bond donors (Lipinski definition) is 1. The first kappa shape index (κ1) is 10.9. The van der Waals surface area contributed by atoms with Crippen LogP contribution in [-0.2, 0) is 9.53 Å². The van der Waals surface area contributed by atoms with Gasteiger partial charge in [-0.05, 0) is 22.0 Å². The zero-order valence-electron chi connectivity index (χ0n) is 8.48. The molecule has 0 aliphatic rings. The molecule has 2 aromatic rings. The van der Waals surface area contributed by atoms with Crippen molar-refractivity contribution < 1.29 is 9.53 Å². The molecule has 84 valence electrons. The molecule has 0 fully saturated rings. The average Bonchev–Trinajstić information content (AvgIpc) is 2.68. The van der Waals surface area contributed by atoms with Crippen molar-refractivity contribution in [3.8, 4) is 0 Å². The summed E-state index contributed by atoms with van der Waals surface area (Å²) < 4.78 is 6.94. The summed E-state index contributed by atoms with van der Waals surface area (Å²) in [7, 11) is 1.34. The molecule has 6 nitrogen and oxygen atoms in total. The number of esters is 1. The molecule has 0 atom stereocenters. The molecule has 2 rings (SSSR count). The maximum atomic E-state index is 10.9. The lowest BCUT2D eigenvalue weighted by Crippen LogP contribution is -2.15. The van der Waals surface area contributed by atoms with Gasteiger partial charge in [0.25, 0.3) is 0 Å². The molecule has 0 saturated heterocycles. The van der Waals surface area contributed by atoms with E-state index in [0.29, 0.717) is 11.5 Å². The molecule has 0 saturated carbocycles. The van der Waals surface area contributed by atoms with Crippen molar-refractivity contribution in [2.24, 2.45) is 0 Å². The van der Waals surface area contributed by atoms with Crippen LogP contribution >= 0.6 is 15.9 Å². The summed E-state index contributed by atoms with van der Waals surface area (Å²) in [5, 5.41) is 6.92. The van der Waals surface area contributed by atoms with E-state index in [1.165, 1.54) is 7.11 Å². The number of nitrogens with zero attached hydrogens (tertiary/aromatic N) is 3. The number of halogens is 1. The summed E-state index contributed by atoms with van der Waals surface area (Å²) in [6.45, 7) is 0.0887. The van der Waals surface area contributed by atoms with Crippen LogP contribution in [0.4, 0.5) is 5.82 Å². The van der Waals surface area contributed by atoms with Gasteiger partial charge < -0.3 is 10.1 Å². The van der Waals surface area contributed by atoms with E-state index < -0.39 is 0 Å². The number of ether oxygens (including phenoxy) is 1. The molecule has 2 heterocycles. The quantitative estimate of drug-likeness (QED) is 0.854. The first-order valence-corrected chi connectivity index (χ1v) is 5.30. The second-order valence-electron chi connectivity index (χ2n) is 3.00. The van der Waals surface area contributed by atoms with E-state index in [1.54, 1.807) is 23.0 Å². The molecule has 1 N–H and O–H groups in total. The summed E-state index contributed by atoms with van der Waals surface area (Å²) in [4.78, 5) is 15.2. The van der Waals surface area contributed by atoms with Gasteiger partial charge in [-0.3, -0.25) is 4.79 Å². The molecule has 2 aromatic heterocycles. The van der Waals surface area contributed by atoms with Gasteiger partial charge in [0.05, 0.1) is 17.8 Å². The lowest BCUT2D eigenvalue weighted by Gasteiger charge is -2.04. The van der Waals surface area contributed by atoms with E-state index in [4.69, 9.17) is 0 Å². The Labute approximate surface area is 99.7 Å². The van der Waals surface area contributed by atoms with Crippen molar-refractivity contribution in [3.05, 3.63) is 22.9 Å². The van der Waals surface area contributed by atoms with Gasteiger partial charge in [-0.2, -0.15) is 5.10 Å². The first-order valence-electron chi connectivity index (χ1n) is 4.51. The molecular formula is C9H9BrN4O2. The van der Waals surface area contributed by atoms with Crippen molar-refractivity contribution in [1.82, 2.24) is 14.6 Å². The third-order valence-electron chi connectivity index (χ3n) is 1.97. The van der Waals surface area contributed by atoms with Crippen LogP contribution in [0.15, 0.2) is 22.9 Å². The van der Waals surface area contributed by atoms with E-state index in [2.05, 4.69) is 36.1 Å². The maximum Gasteiger partial charge on any atom is 0.325 e. The topological polar surface area (TPSA) is 68.5 Å². The summed E-state index contributed by atoms with van der Waals surface area (Å²) in [5.41, 5.74) is 0.690. The van der Waals surface area contributed by atoms with Crippen LogP contribution in [0.1, 0.15) is 0 Å². The predicted octanol–water partition coefficient (Wildman–Crippen LogP) is 1.08. The normalized spacial score (nSPS) is 10.4. The van der Waals surface area contributed by atoms with Crippen LogP contribution in [-0.4, -0.2) is 34.2 Å². The Kier molecular flexibility index (Phi) is 3.04. The Morgan fingerprint density at radius 3 is 3.25 bits per heavy atom. The fraction of sp³-hybridized carbons (Fsp3) is 0.222. The molecule has 0 aliphatic heterocycles. The Balaban J connectivity index is 2.19. The second kappa shape index (κ2) is 4.48. The van der Waals surface area contributed by atoms with Gasteiger partial charge in [0, 0.05) is 6.20 Å². The van der Waals surface area contributed by atoms with Crippen LogP contribution in [0, 0.1) is 0 Å². The van der Waals surface area contributed by atoms with Crippen molar-refractivity contribution in [1.29, 1.82) is 0 Å². The van der Waals surface area contributed by atoms with Crippen LogP contribution in [0.2, 0.25) is 0 Å². The predicted molar refractivity (Wildman–Crippen MR) is 61.2 cm³/mol. The van der Waals surface area contributed by atoms with E-state index in [0.717, 1.165) is 4.47 Å². The molecule has 0 amide bonds. The van der Waals surface area contributed by atoms with Gasteiger partial charge in [-0.1, -0.05) is 0 Å². The third kappa shape index (κ3) is 2.13. The smallest absolute Gasteiger partial charge is 0.325 e. The van der Waals surface area contributed by atoms with E-state index in [-0.39, 0.29) is 12.5 Å². The van der Waals surface area contributed by atoms with Gasteiger partial charge in [0.2, 0.25) is 0 Å². The molecule has 0 spiro atoms. The highest BCUT2D eigenvalue weighted by Gasteiger charge is 2.05. The number of fused-ring (bicyclic) bond motifs is 1. The lowest BCUT2D eigenvalue weighted by molar-refractivity contribution is -0.138. The van der Waals surface area contributed by atoms with Crippen LogP contribution in [0.25, 0.3) is 5.65 Å². The number of nitrogens with one attached hydrogen (secondary N) is 1. The molecule has 0 unspecified atom stereocenters. The minimum atomic E-state index is -0.339. The Hall–Kier alpha value is -1.63. The van der Waals surface area contributed by atoms with Gasteiger partial charge in [-0.25, -0.2) is 9.50 Å². The summed E-state index contributed by atoms with van der Waals surface area (Å²) in [5.74, 6) is 0.258. The fourth-order valence-electron chi connectivity index (χ4n) is 1.17. The average molecular weight is 285 g/mol. The van der Waals surface area contributed by atoms with Crippen LogP contribution < -0.4 is 5.32 Å². The Morgan fingerprint density at radius 2 is 2.50 bits per heavy atom. The Bertz CT molecular complexity index is 525. The Morgan fingerprint density at radius 1 is 1.69 bits per heavy atom. The van der Waals surface area contributed by atoms with E-state index in [1.807, 2.05) is 0 Å². The molecule has 0 radical (unpaired) electrons. The summed E-state index contributed by atoms with van der Waals surface area (Å²) in [6, 6.07) is 1.73. The van der Waals surface area contributed by atoms with Crippen LogP contribution in [0.3, 0.4) is 0 Å². The second-order valence-corrected chi connectivity index (χ2v) is 3.86. The zero-order chi connectivity index (χ0) is 11.5. The highest BCUT2D eigenvalue weighted by Crippen LogP contribution is 2.16. The van der Waals surface area contributed by atoms with Gasteiger partial charge in [0.15, 0.2) is 5.65 Å². The van der Waals surface area contributed by atoms with Gasteiger partial charge in [0.1, 0.15) is 12.4 Å². The minimum absolute atomic E-state index is 0.0887. The number of hydrogen-bond acceptors (Lipinski definition) is 5. The number of anilines is 1. The number of aromatic nitrogens is 3. The molecular weight excluding hydrogens is 276 g/mol. The minimum Gasteiger partial charge on any atom is -0.468 e. The molecule has 0 bridgehead atoms.